The van der Waals surface area contributed by atoms with E-state index < -0.39 is 24.3 Å². The number of nitrogens with one attached hydrogen (secondary N) is 1. The maximum absolute atomic E-state index is 11.4. The zero-order valence-electron chi connectivity index (χ0n) is 8.98. The lowest BCUT2D eigenvalue weighted by molar-refractivity contribution is -0.138. The summed E-state index contributed by atoms with van der Waals surface area (Å²) in [5, 5.41) is 10.9. The Morgan fingerprint density at radius 2 is 2.24 bits per heavy atom. The topological polar surface area (TPSA) is 118 Å². The fraction of sp³-hybridized carbons (Fsp3) is 0.333. The van der Waals surface area contributed by atoms with Crippen LogP contribution in [0.25, 0.3) is 0 Å². The number of hydrogen-bond acceptors (Lipinski definition) is 5. The molecule has 0 radical (unpaired) electrons. The Balaban J connectivity index is 2.70. The molecular weight excluding hydrogens is 248 g/mol. The van der Waals surface area contributed by atoms with E-state index in [9.17, 15) is 9.59 Å². The van der Waals surface area contributed by atoms with E-state index in [2.05, 4.69) is 15.3 Å². The second kappa shape index (κ2) is 5.55. The van der Waals surface area contributed by atoms with Crippen LogP contribution in [0, 0.1) is 6.92 Å². The number of carboxylic acids is 1. The highest BCUT2D eigenvalue weighted by Gasteiger charge is 2.18. The number of aryl methyl sites for hydroxylation is 1. The molecule has 1 heterocycles. The van der Waals surface area contributed by atoms with Gasteiger partial charge in [-0.25, -0.2) is 9.97 Å². The number of carboxylic acid groups (broad SMARTS) is 1. The largest absolute Gasteiger partial charge is 0.481 e. The molecular formula is C9H11ClN4O3. The van der Waals surface area contributed by atoms with Gasteiger partial charge in [-0.05, 0) is 13.0 Å². The zero-order chi connectivity index (χ0) is 13.0. The predicted octanol–water partition coefficient (Wildman–Crippen LogP) is 0.179. The summed E-state index contributed by atoms with van der Waals surface area (Å²) in [5.41, 5.74) is 5.94. The normalized spacial score (nSPS) is 11.9. The lowest BCUT2D eigenvalue weighted by atomic mass is 10.2. The van der Waals surface area contributed by atoms with Crippen molar-refractivity contribution in [2.45, 2.75) is 19.4 Å². The first-order valence-electron chi connectivity index (χ1n) is 4.68. The van der Waals surface area contributed by atoms with E-state index >= 15 is 0 Å². The summed E-state index contributed by atoms with van der Waals surface area (Å²) >= 11 is 5.67. The lowest BCUT2D eigenvalue weighted by Gasteiger charge is -2.09. The van der Waals surface area contributed by atoms with Crippen molar-refractivity contribution in [3.63, 3.8) is 0 Å². The minimum Gasteiger partial charge on any atom is -0.481 e. The van der Waals surface area contributed by atoms with Crippen LogP contribution >= 0.6 is 11.6 Å². The van der Waals surface area contributed by atoms with E-state index in [0.29, 0.717) is 5.69 Å². The first-order chi connectivity index (χ1) is 7.88. The number of carbonyl (C=O) groups is 2. The third-order valence-corrected chi connectivity index (χ3v) is 1.98. The van der Waals surface area contributed by atoms with Crippen molar-refractivity contribution in [1.29, 1.82) is 0 Å². The molecule has 0 saturated carbocycles. The van der Waals surface area contributed by atoms with Gasteiger partial charge in [0.15, 0.2) is 0 Å². The molecule has 1 atom stereocenters. The second-order valence-corrected chi connectivity index (χ2v) is 3.74. The summed E-state index contributed by atoms with van der Waals surface area (Å²) < 4.78 is 0. The molecule has 1 unspecified atom stereocenters. The number of hydrogen-bond donors (Lipinski definition) is 3. The Hall–Kier alpha value is -1.73. The molecule has 0 aromatic carbocycles. The zero-order valence-corrected chi connectivity index (χ0v) is 9.73. The van der Waals surface area contributed by atoms with Crippen LogP contribution in [0.5, 0.6) is 0 Å². The fourth-order valence-corrected chi connectivity index (χ4v) is 1.31. The quantitative estimate of drug-likeness (QED) is 0.663. The van der Waals surface area contributed by atoms with Gasteiger partial charge >= 0.3 is 5.97 Å². The maximum Gasteiger partial charge on any atom is 0.305 e. The van der Waals surface area contributed by atoms with Gasteiger partial charge in [0.2, 0.25) is 11.9 Å². The SMILES string of the molecule is Cc1cc(Cl)nc(NC(=O)C(N)CC(=O)O)n1. The molecule has 0 bridgehead atoms. The fourth-order valence-electron chi connectivity index (χ4n) is 1.07. The molecule has 7 nitrogen and oxygen atoms in total. The van der Waals surface area contributed by atoms with Crippen molar-refractivity contribution < 1.29 is 14.7 Å². The van der Waals surface area contributed by atoms with Crippen LogP contribution in [-0.4, -0.2) is 33.0 Å². The lowest BCUT2D eigenvalue weighted by Crippen LogP contribution is -2.37. The number of nitrogens with zero attached hydrogens (tertiary/aromatic N) is 2. The number of carbonyl (C=O) groups excluding carboxylic acids is 1. The van der Waals surface area contributed by atoms with E-state index in [1.807, 2.05) is 0 Å². The third-order valence-electron chi connectivity index (χ3n) is 1.79. The van der Waals surface area contributed by atoms with Gasteiger partial charge in [0.05, 0.1) is 12.5 Å². The Morgan fingerprint density at radius 1 is 1.59 bits per heavy atom. The number of aromatic nitrogens is 2. The Labute approximate surface area is 102 Å². The van der Waals surface area contributed by atoms with E-state index in [0.717, 1.165) is 0 Å². The highest BCUT2D eigenvalue weighted by atomic mass is 35.5. The molecule has 0 aliphatic carbocycles. The van der Waals surface area contributed by atoms with E-state index in [1.165, 1.54) is 6.07 Å². The van der Waals surface area contributed by atoms with Crippen LogP contribution < -0.4 is 11.1 Å². The summed E-state index contributed by atoms with van der Waals surface area (Å²) in [5.74, 6) is -1.83. The molecule has 1 rings (SSSR count). The van der Waals surface area contributed by atoms with Crippen molar-refractivity contribution in [3.05, 3.63) is 16.9 Å². The molecule has 92 valence electrons. The van der Waals surface area contributed by atoms with Crippen LogP contribution in [0.3, 0.4) is 0 Å². The molecule has 1 aromatic heterocycles. The van der Waals surface area contributed by atoms with Gasteiger partial charge in [0.1, 0.15) is 5.15 Å². The van der Waals surface area contributed by atoms with Crippen molar-refractivity contribution in [2.24, 2.45) is 5.73 Å². The number of aliphatic carboxylic acids is 1. The highest BCUT2D eigenvalue weighted by Crippen LogP contribution is 2.09. The number of amides is 1. The summed E-state index contributed by atoms with van der Waals surface area (Å²) in [4.78, 5) is 29.5. The molecule has 1 aromatic rings. The van der Waals surface area contributed by atoms with Gasteiger partial charge in [-0.2, -0.15) is 0 Å². The summed E-state index contributed by atoms with van der Waals surface area (Å²) in [6.07, 6.45) is -0.467. The minimum atomic E-state index is -1.16. The second-order valence-electron chi connectivity index (χ2n) is 3.35. The van der Waals surface area contributed by atoms with Gasteiger partial charge in [0, 0.05) is 5.69 Å². The van der Waals surface area contributed by atoms with E-state index in [1.54, 1.807) is 6.92 Å². The number of anilines is 1. The molecule has 1 amide bonds. The van der Waals surface area contributed by atoms with Gasteiger partial charge in [-0.15, -0.1) is 0 Å². The van der Waals surface area contributed by atoms with Crippen LogP contribution in [0.4, 0.5) is 5.95 Å². The molecule has 17 heavy (non-hydrogen) atoms. The molecule has 4 N–H and O–H groups in total. The first kappa shape index (κ1) is 13.3. The van der Waals surface area contributed by atoms with Crippen molar-refractivity contribution >= 4 is 29.4 Å². The van der Waals surface area contributed by atoms with Crippen LogP contribution in [0.2, 0.25) is 5.15 Å². The first-order valence-corrected chi connectivity index (χ1v) is 5.05. The highest BCUT2D eigenvalue weighted by molar-refractivity contribution is 6.29. The predicted molar refractivity (Wildman–Crippen MR) is 60.6 cm³/mol. The molecule has 0 spiro atoms. The molecule has 8 heteroatoms. The molecule has 0 fully saturated rings. The number of halogens is 1. The Bertz CT molecular complexity index is 432. The number of rotatable bonds is 4. The van der Waals surface area contributed by atoms with Crippen LogP contribution in [0.15, 0.2) is 6.07 Å². The Kier molecular flexibility index (Phi) is 4.36. The van der Waals surface area contributed by atoms with Crippen LogP contribution in [0.1, 0.15) is 12.1 Å². The van der Waals surface area contributed by atoms with Gasteiger partial charge < -0.3 is 10.8 Å². The van der Waals surface area contributed by atoms with Gasteiger partial charge in [-0.3, -0.25) is 14.9 Å². The van der Waals surface area contributed by atoms with Crippen molar-refractivity contribution in [3.8, 4) is 0 Å². The Morgan fingerprint density at radius 3 is 2.76 bits per heavy atom. The molecule has 0 saturated heterocycles. The van der Waals surface area contributed by atoms with Crippen molar-refractivity contribution in [2.75, 3.05) is 5.32 Å². The van der Waals surface area contributed by atoms with E-state index in [-0.39, 0.29) is 11.1 Å². The molecule has 0 aliphatic rings. The third kappa shape index (κ3) is 4.33. The monoisotopic (exact) mass is 258 g/mol. The summed E-state index contributed by atoms with van der Waals surface area (Å²) in [6.45, 7) is 1.68. The molecule has 0 aliphatic heterocycles. The summed E-state index contributed by atoms with van der Waals surface area (Å²) in [6, 6.07) is 0.365. The number of nitrogens with two attached hydrogens (primary N) is 1. The van der Waals surface area contributed by atoms with Crippen molar-refractivity contribution in [1.82, 2.24) is 9.97 Å². The minimum absolute atomic E-state index is 0.000777. The summed E-state index contributed by atoms with van der Waals surface area (Å²) in [7, 11) is 0. The average Bonchev–Trinajstić information content (AvgIpc) is 2.14. The van der Waals surface area contributed by atoms with Crippen LogP contribution in [-0.2, 0) is 9.59 Å². The average molecular weight is 259 g/mol. The van der Waals surface area contributed by atoms with Gasteiger partial charge in [-0.1, -0.05) is 11.6 Å². The standard InChI is InChI=1S/C9H11ClN4O3/c1-4-2-6(10)13-9(12-4)14-8(17)5(11)3-7(15)16/h2,5H,3,11H2,1H3,(H,15,16)(H,12,13,14,17). The van der Waals surface area contributed by atoms with Gasteiger partial charge in [0.25, 0.3) is 0 Å². The smallest absolute Gasteiger partial charge is 0.305 e. The maximum atomic E-state index is 11.4. The van der Waals surface area contributed by atoms with E-state index in [4.69, 9.17) is 22.4 Å².